The van der Waals surface area contributed by atoms with E-state index in [-0.39, 0.29) is 29.6 Å². The number of ether oxygens (including phenoxy) is 2. The number of hydrogen-bond acceptors (Lipinski definition) is 8. The highest BCUT2D eigenvalue weighted by molar-refractivity contribution is 9.09. The lowest BCUT2D eigenvalue weighted by Gasteiger charge is -2.24. The van der Waals surface area contributed by atoms with Crippen molar-refractivity contribution in [1.82, 2.24) is 15.0 Å². The van der Waals surface area contributed by atoms with Gasteiger partial charge in [-0.2, -0.15) is 4.98 Å². The number of pyridine rings is 1. The van der Waals surface area contributed by atoms with Gasteiger partial charge in [-0.05, 0) is 31.7 Å². The van der Waals surface area contributed by atoms with E-state index in [4.69, 9.17) is 9.47 Å². The molecule has 0 spiro atoms. The van der Waals surface area contributed by atoms with Gasteiger partial charge in [0.25, 0.3) is 6.43 Å². The molecule has 3 aromatic rings. The number of nitrogens with zero attached hydrogens (tertiary/aromatic N) is 3. The van der Waals surface area contributed by atoms with Gasteiger partial charge in [-0.15, -0.1) is 0 Å². The number of halogens is 4. The number of hydrogen-bond donors (Lipinski definition) is 1. The Kier molecular flexibility index (Phi) is 8.54. The van der Waals surface area contributed by atoms with Crippen LogP contribution in [0.1, 0.15) is 52.7 Å². The summed E-state index contributed by atoms with van der Waals surface area (Å²) in [7, 11) is -1.54. The van der Waals surface area contributed by atoms with Crippen molar-refractivity contribution < 1.29 is 31.1 Å². The number of benzene rings is 1. The van der Waals surface area contributed by atoms with Crippen LogP contribution in [0.2, 0.25) is 0 Å². The zero-order valence-electron chi connectivity index (χ0n) is 20.2. The molecule has 1 N–H and O–H groups in total. The number of anilines is 1. The molecule has 0 saturated carbocycles. The highest BCUT2D eigenvalue weighted by Crippen LogP contribution is 2.38. The second kappa shape index (κ2) is 11.5. The molecule has 37 heavy (non-hydrogen) atoms. The van der Waals surface area contributed by atoms with Crippen molar-refractivity contribution >= 4 is 42.6 Å². The highest BCUT2D eigenvalue weighted by atomic mass is 79.9. The summed E-state index contributed by atoms with van der Waals surface area (Å²) in [4.78, 5) is 12.6. The van der Waals surface area contributed by atoms with Crippen molar-refractivity contribution in [1.29, 1.82) is 0 Å². The van der Waals surface area contributed by atoms with Crippen LogP contribution >= 0.6 is 15.9 Å². The molecule has 13 heteroatoms. The number of fused-ring (bicyclic) bond motifs is 1. The fourth-order valence-corrected chi connectivity index (χ4v) is 6.30. The summed E-state index contributed by atoms with van der Waals surface area (Å²) in [5.41, 5.74) is 0.330. The average molecular weight is 603 g/mol. The minimum absolute atomic E-state index is 0.00703. The van der Waals surface area contributed by atoms with E-state index in [9.17, 15) is 21.6 Å². The molecule has 1 aliphatic rings. The van der Waals surface area contributed by atoms with Gasteiger partial charge in [0.05, 0.1) is 29.1 Å². The Hall–Kier alpha value is -2.51. The zero-order valence-corrected chi connectivity index (χ0v) is 22.6. The first kappa shape index (κ1) is 27.5. The maximum absolute atomic E-state index is 14.8. The van der Waals surface area contributed by atoms with Gasteiger partial charge in [0.15, 0.2) is 5.65 Å². The predicted octanol–water partition coefficient (Wildman–Crippen LogP) is 5.23. The number of aromatic nitrogens is 3. The van der Waals surface area contributed by atoms with E-state index in [2.05, 4.69) is 36.2 Å². The van der Waals surface area contributed by atoms with Crippen LogP contribution in [0.3, 0.4) is 0 Å². The van der Waals surface area contributed by atoms with Crippen molar-refractivity contribution in [3.05, 3.63) is 52.6 Å². The SMILES string of the molecule is COCCOc1nc2nc(C)nc(N[C@H](Br)c3cccc(C(F)F)c3F)c2cc1C1CCS(=O)(=O)CC1. The van der Waals surface area contributed by atoms with Crippen molar-refractivity contribution in [2.75, 3.05) is 37.1 Å². The first-order chi connectivity index (χ1) is 17.6. The van der Waals surface area contributed by atoms with Crippen LogP contribution in [0.4, 0.5) is 19.0 Å². The fourth-order valence-electron chi connectivity index (χ4n) is 4.23. The third kappa shape index (κ3) is 6.32. The zero-order chi connectivity index (χ0) is 26.7. The maximum Gasteiger partial charge on any atom is 0.266 e. The van der Waals surface area contributed by atoms with Crippen LogP contribution in [-0.2, 0) is 14.6 Å². The van der Waals surface area contributed by atoms with Gasteiger partial charge in [0.2, 0.25) is 5.88 Å². The molecule has 1 saturated heterocycles. The lowest BCUT2D eigenvalue weighted by molar-refractivity contribution is 0.143. The molecular weight excluding hydrogens is 577 g/mol. The summed E-state index contributed by atoms with van der Waals surface area (Å²) in [5, 5.41) is 3.55. The van der Waals surface area contributed by atoms with Crippen LogP contribution in [0.15, 0.2) is 24.3 Å². The van der Waals surface area contributed by atoms with Gasteiger partial charge in [0.1, 0.15) is 38.9 Å². The Morgan fingerprint density at radius 1 is 1.14 bits per heavy atom. The Bertz CT molecular complexity index is 1380. The molecule has 1 fully saturated rings. The second-order valence-electron chi connectivity index (χ2n) is 8.70. The van der Waals surface area contributed by atoms with Crippen LogP contribution in [0.25, 0.3) is 11.0 Å². The van der Waals surface area contributed by atoms with Crippen LogP contribution in [0, 0.1) is 12.7 Å². The summed E-state index contributed by atoms with van der Waals surface area (Å²) < 4.78 is 76.1. The second-order valence-corrected chi connectivity index (χ2v) is 11.9. The summed E-state index contributed by atoms with van der Waals surface area (Å²) in [5.74, 6) is 0.0157. The first-order valence-electron chi connectivity index (χ1n) is 11.6. The molecule has 4 rings (SSSR count). The van der Waals surface area contributed by atoms with E-state index in [1.54, 1.807) is 20.1 Å². The average Bonchev–Trinajstić information content (AvgIpc) is 2.84. The molecule has 2 aromatic heterocycles. The topological polar surface area (TPSA) is 103 Å². The van der Waals surface area contributed by atoms with Gasteiger partial charge in [-0.1, -0.05) is 34.1 Å². The van der Waals surface area contributed by atoms with Gasteiger partial charge in [0, 0.05) is 18.2 Å². The van der Waals surface area contributed by atoms with Gasteiger partial charge in [-0.25, -0.2) is 31.6 Å². The predicted molar refractivity (Wildman–Crippen MR) is 137 cm³/mol. The monoisotopic (exact) mass is 602 g/mol. The smallest absolute Gasteiger partial charge is 0.266 e. The number of aryl methyl sites for hydroxylation is 1. The molecule has 3 heterocycles. The quantitative estimate of drug-likeness (QED) is 0.202. The Balaban J connectivity index is 1.75. The number of rotatable bonds is 9. The molecule has 0 amide bonds. The molecule has 0 radical (unpaired) electrons. The number of sulfone groups is 1. The van der Waals surface area contributed by atoms with Crippen molar-refractivity contribution in [3.63, 3.8) is 0 Å². The van der Waals surface area contributed by atoms with Gasteiger partial charge in [-0.3, -0.25) is 0 Å². The van der Waals surface area contributed by atoms with Gasteiger partial charge >= 0.3 is 0 Å². The van der Waals surface area contributed by atoms with Crippen LogP contribution in [0.5, 0.6) is 5.88 Å². The standard InChI is InChI=1S/C24H26BrF3N4O4S/c1-13-29-22(31-20(25)15-4-3-5-16(19(15)26)21(27)28)18-12-17(14-6-10-37(33,34)11-7-14)24(32-23(18)30-13)36-9-8-35-2/h3-5,12,14,20-21H,6-11H2,1-2H3,(H,29,30,31,32)/t20-/m0/s1. The summed E-state index contributed by atoms with van der Waals surface area (Å²) in [6, 6.07) is 5.61. The lowest BCUT2D eigenvalue weighted by Crippen LogP contribution is -2.23. The number of nitrogens with one attached hydrogen (secondary N) is 1. The van der Waals surface area contributed by atoms with Crippen LogP contribution < -0.4 is 10.1 Å². The molecule has 1 aliphatic heterocycles. The third-order valence-electron chi connectivity index (χ3n) is 6.14. The molecule has 0 unspecified atom stereocenters. The van der Waals surface area contributed by atoms with E-state index >= 15 is 0 Å². The normalized spacial score (nSPS) is 16.7. The molecule has 0 aliphatic carbocycles. The highest BCUT2D eigenvalue weighted by Gasteiger charge is 2.29. The molecule has 200 valence electrons. The fraction of sp³-hybridized carbons (Fsp3) is 0.458. The van der Waals surface area contributed by atoms with Gasteiger partial charge < -0.3 is 14.8 Å². The number of methoxy groups -OCH3 is 1. The van der Waals surface area contributed by atoms with Crippen molar-refractivity contribution in [3.8, 4) is 5.88 Å². The molecule has 8 nitrogen and oxygen atoms in total. The largest absolute Gasteiger partial charge is 0.475 e. The minimum Gasteiger partial charge on any atom is -0.475 e. The van der Waals surface area contributed by atoms with Crippen LogP contribution in [-0.4, -0.2) is 55.2 Å². The van der Waals surface area contributed by atoms with E-state index < -0.39 is 32.6 Å². The van der Waals surface area contributed by atoms with E-state index in [1.807, 2.05) is 0 Å². The molecule has 1 aromatic carbocycles. The summed E-state index contributed by atoms with van der Waals surface area (Å²) >= 11 is 3.35. The van der Waals surface area contributed by atoms with E-state index in [1.165, 1.54) is 12.1 Å². The first-order valence-corrected chi connectivity index (χ1v) is 14.3. The Morgan fingerprint density at radius 2 is 1.84 bits per heavy atom. The Morgan fingerprint density at radius 3 is 2.51 bits per heavy atom. The van der Waals surface area contributed by atoms with Crippen molar-refractivity contribution in [2.24, 2.45) is 0 Å². The molecule has 1 atom stereocenters. The Labute approximate surface area is 221 Å². The minimum atomic E-state index is -3.09. The van der Waals surface area contributed by atoms with Crippen molar-refractivity contribution in [2.45, 2.75) is 37.1 Å². The summed E-state index contributed by atoms with van der Waals surface area (Å²) in [6.07, 6.45) is -2.12. The van der Waals surface area contributed by atoms with E-state index in [0.717, 1.165) is 6.07 Å². The molecular formula is C24H26BrF3N4O4S. The maximum atomic E-state index is 14.8. The lowest BCUT2D eigenvalue weighted by atomic mass is 9.93. The third-order valence-corrected chi connectivity index (χ3v) is 8.58. The number of alkyl halides is 3. The summed E-state index contributed by atoms with van der Waals surface area (Å²) in [6.45, 7) is 2.24. The van der Waals surface area contributed by atoms with E-state index in [0.29, 0.717) is 53.6 Å². The molecule has 0 bridgehead atoms.